The number of hydrogen-bond donors (Lipinski definition) is 1. The molecule has 8 nitrogen and oxygen atoms in total. The Hall–Kier alpha value is -3.60. The number of alkyl halides is 3. The van der Waals surface area contributed by atoms with E-state index in [4.69, 9.17) is 9.26 Å². The summed E-state index contributed by atoms with van der Waals surface area (Å²) < 4.78 is 55.4. The second-order valence-corrected chi connectivity index (χ2v) is 10.1. The zero-order valence-electron chi connectivity index (χ0n) is 20.4. The number of carboxylic acid groups (broad SMARTS) is 1. The second-order valence-electron chi connectivity index (χ2n) is 10.1. The molecule has 3 fully saturated rings. The normalized spacial score (nSPS) is 23.0. The maximum atomic E-state index is 13.0. The van der Waals surface area contributed by atoms with Crippen LogP contribution in [0.2, 0.25) is 0 Å². The Balaban J connectivity index is 1.20. The highest BCUT2D eigenvalue weighted by Gasteiger charge is 2.42. The summed E-state index contributed by atoms with van der Waals surface area (Å²) >= 11 is 0. The van der Waals surface area contributed by atoms with Crippen LogP contribution in [0.1, 0.15) is 66.3 Å². The molecule has 11 heteroatoms. The predicted octanol–water partition coefficient (Wildman–Crippen LogP) is 5.93. The molecule has 3 aliphatic rings. The van der Waals surface area contributed by atoms with E-state index >= 15 is 0 Å². The monoisotopic (exact) mass is 529 g/mol. The molecule has 2 atom stereocenters. The quantitative estimate of drug-likeness (QED) is 0.384. The number of para-hydroxylation sites is 1. The number of carboxylic acids is 1. The minimum absolute atomic E-state index is 0.0163. The fourth-order valence-electron chi connectivity index (χ4n) is 5.74. The van der Waals surface area contributed by atoms with Crippen LogP contribution in [0.4, 0.5) is 19.0 Å². The number of rotatable bonds is 8. The third-order valence-corrected chi connectivity index (χ3v) is 7.51. The predicted molar refractivity (Wildman–Crippen MR) is 129 cm³/mol. The number of piperidine rings is 1. The van der Waals surface area contributed by atoms with Crippen molar-refractivity contribution in [3.8, 4) is 17.0 Å². The molecule has 0 amide bonds. The standard InChI is InChI=1S/C27H26F3N3O5/c28-27(29,30)37-22-6-2-1-4-19(22)24-20(25(38-32-24)15-8-9-15)14-36-18-12-16-10-11-17(13-18)33(16)23-7-3-5-21(31-23)26(34)35/h1-7,15-18H,8-14H2,(H,34,35). The molecular formula is C27H26F3N3O5. The van der Waals surface area contributed by atoms with Crippen molar-refractivity contribution >= 4 is 11.8 Å². The van der Waals surface area contributed by atoms with Gasteiger partial charge in [-0.15, -0.1) is 13.2 Å². The van der Waals surface area contributed by atoms with Crippen molar-refractivity contribution in [2.75, 3.05) is 4.90 Å². The molecular weight excluding hydrogens is 503 g/mol. The van der Waals surface area contributed by atoms with Gasteiger partial charge >= 0.3 is 12.3 Å². The first-order valence-corrected chi connectivity index (χ1v) is 12.7. The van der Waals surface area contributed by atoms with Crippen LogP contribution in [-0.2, 0) is 11.3 Å². The number of anilines is 1. The van der Waals surface area contributed by atoms with Crippen LogP contribution in [0.15, 0.2) is 47.0 Å². The van der Waals surface area contributed by atoms with Gasteiger partial charge in [0.15, 0.2) is 5.69 Å². The molecule has 2 unspecified atom stereocenters. The van der Waals surface area contributed by atoms with Crippen molar-refractivity contribution in [1.29, 1.82) is 0 Å². The zero-order chi connectivity index (χ0) is 26.4. The summed E-state index contributed by atoms with van der Waals surface area (Å²) in [5.74, 6) is 0.123. The van der Waals surface area contributed by atoms with Crippen LogP contribution < -0.4 is 9.64 Å². The first-order valence-electron chi connectivity index (χ1n) is 12.7. The van der Waals surface area contributed by atoms with Gasteiger partial charge in [-0.25, -0.2) is 9.78 Å². The third-order valence-electron chi connectivity index (χ3n) is 7.51. The van der Waals surface area contributed by atoms with Crippen molar-refractivity contribution in [3.63, 3.8) is 0 Å². The number of carbonyl (C=O) groups is 1. The summed E-state index contributed by atoms with van der Waals surface area (Å²) in [5.41, 5.74) is 1.19. The fourth-order valence-corrected chi connectivity index (χ4v) is 5.74. The molecule has 1 aromatic carbocycles. The van der Waals surface area contributed by atoms with E-state index in [1.165, 1.54) is 24.3 Å². The summed E-state index contributed by atoms with van der Waals surface area (Å²) in [5, 5.41) is 13.5. The highest BCUT2D eigenvalue weighted by molar-refractivity contribution is 5.85. The molecule has 2 saturated heterocycles. The van der Waals surface area contributed by atoms with Gasteiger partial charge in [-0.1, -0.05) is 23.4 Å². The molecule has 200 valence electrons. The first-order chi connectivity index (χ1) is 18.3. The number of hydrogen-bond acceptors (Lipinski definition) is 7. The number of fused-ring (bicyclic) bond motifs is 2. The minimum Gasteiger partial charge on any atom is -0.477 e. The third kappa shape index (κ3) is 4.94. The molecule has 2 aliphatic heterocycles. The van der Waals surface area contributed by atoms with Gasteiger partial charge in [0.1, 0.15) is 23.0 Å². The molecule has 0 radical (unpaired) electrons. The van der Waals surface area contributed by atoms with Crippen molar-refractivity contribution in [3.05, 3.63) is 59.5 Å². The van der Waals surface area contributed by atoms with E-state index in [-0.39, 0.29) is 47.7 Å². The van der Waals surface area contributed by atoms with Crippen molar-refractivity contribution < 1.29 is 37.1 Å². The molecule has 38 heavy (non-hydrogen) atoms. The van der Waals surface area contributed by atoms with Gasteiger partial charge in [0.2, 0.25) is 0 Å². The number of pyridine rings is 1. The topological polar surface area (TPSA) is 97.9 Å². The van der Waals surface area contributed by atoms with Crippen molar-refractivity contribution in [2.24, 2.45) is 0 Å². The van der Waals surface area contributed by atoms with Gasteiger partial charge in [0, 0.05) is 29.1 Å². The molecule has 6 rings (SSSR count). The van der Waals surface area contributed by atoms with Crippen LogP contribution >= 0.6 is 0 Å². The Kier molecular flexibility index (Phi) is 6.25. The average Bonchev–Trinajstić information content (AvgIpc) is 3.58. The maximum Gasteiger partial charge on any atom is 0.573 e. The van der Waals surface area contributed by atoms with Crippen LogP contribution in [-0.4, -0.2) is 45.8 Å². The summed E-state index contributed by atoms with van der Waals surface area (Å²) in [6.07, 6.45) is 0.366. The summed E-state index contributed by atoms with van der Waals surface area (Å²) in [7, 11) is 0. The van der Waals surface area contributed by atoms with Crippen molar-refractivity contribution in [2.45, 2.75) is 75.6 Å². The van der Waals surface area contributed by atoms with Gasteiger partial charge < -0.3 is 24.0 Å². The lowest BCUT2D eigenvalue weighted by Crippen LogP contribution is -2.46. The summed E-state index contributed by atoms with van der Waals surface area (Å²) in [6, 6.07) is 11.3. The van der Waals surface area contributed by atoms with Gasteiger partial charge in [-0.05, 0) is 62.8 Å². The Labute approximate surface area is 216 Å². The van der Waals surface area contributed by atoms with Gasteiger partial charge in [-0.2, -0.15) is 0 Å². The highest BCUT2D eigenvalue weighted by atomic mass is 19.4. The lowest BCUT2D eigenvalue weighted by molar-refractivity contribution is -0.274. The van der Waals surface area contributed by atoms with E-state index in [2.05, 4.69) is 19.8 Å². The summed E-state index contributed by atoms with van der Waals surface area (Å²) in [6.45, 7) is 0.169. The van der Waals surface area contributed by atoms with Crippen LogP contribution in [0, 0.1) is 0 Å². The van der Waals surface area contributed by atoms with Gasteiger partial charge in [0.25, 0.3) is 0 Å². The van der Waals surface area contributed by atoms with Crippen LogP contribution in [0.25, 0.3) is 11.3 Å². The minimum atomic E-state index is -4.83. The molecule has 2 bridgehead atoms. The number of nitrogens with zero attached hydrogens (tertiary/aromatic N) is 3. The lowest BCUT2D eigenvalue weighted by atomic mass is 9.99. The van der Waals surface area contributed by atoms with Crippen molar-refractivity contribution in [1.82, 2.24) is 10.1 Å². The van der Waals surface area contributed by atoms with E-state index < -0.39 is 12.3 Å². The van der Waals surface area contributed by atoms with Gasteiger partial charge in [0.05, 0.1) is 12.7 Å². The highest BCUT2D eigenvalue weighted by Crippen LogP contribution is 2.46. The fraction of sp³-hybridized carbons (Fsp3) is 0.444. The molecule has 1 aliphatic carbocycles. The van der Waals surface area contributed by atoms with E-state index in [0.29, 0.717) is 22.8 Å². The molecule has 0 spiro atoms. The number of ether oxygens (including phenoxy) is 2. The zero-order valence-corrected chi connectivity index (χ0v) is 20.4. The number of aromatic nitrogens is 2. The van der Waals surface area contributed by atoms with Crippen LogP contribution in [0.3, 0.4) is 0 Å². The Morgan fingerprint density at radius 3 is 2.47 bits per heavy atom. The van der Waals surface area contributed by atoms with E-state index in [1.54, 1.807) is 12.1 Å². The molecule has 2 aromatic heterocycles. The van der Waals surface area contributed by atoms with Gasteiger partial charge in [-0.3, -0.25) is 0 Å². The Bertz CT molecular complexity index is 1330. The van der Waals surface area contributed by atoms with E-state index in [9.17, 15) is 23.1 Å². The molecule has 1 saturated carbocycles. The summed E-state index contributed by atoms with van der Waals surface area (Å²) in [4.78, 5) is 17.9. The maximum absolute atomic E-state index is 13.0. The second kappa shape index (κ2) is 9.61. The number of halogens is 3. The van der Waals surface area contributed by atoms with E-state index in [0.717, 1.165) is 38.5 Å². The largest absolute Gasteiger partial charge is 0.573 e. The SMILES string of the molecule is O=C(O)c1cccc(N2C3CCC2CC(OCc2c(-c4ccccc4OC(F)(F)F)noc2C2CC2)C3)n1. The lowest BCUT2D eigenvalue weighted by Gasteiger charge is -2.39. The molecule has 4 heterocycles. The molecule has 1 N–H and O–H groups in total. The number of aromatic carboxylic acids is 1. The average molecular weight is 530 g/mol. The first kappa shape index (κ1) is 24.7. The van der Waals surface area contributed by atoms with E-state index in [1.807, 2.05) is 6.07 Å². The number of benzene rings is 1. The smallest absolute Gasteiger partial charge is 0.477 e. The molecule has 3 aromatic rings. The Morgan fingerprint density at radius 2 is 1.79 bits per heavy atom. The Morgan fingerprint density at radius 1 is 1.05 bits per heavy atom. The van der Waals surface area contributed by atoms with Crippen LogP contribution in [0.5, 0.6) is 5.75 Å².